The fourth-order valence-electron chi connectivity index (χ4n) is 1.27. The number of rotatable bonds is 3. The number of ether oxygens (including phenoxy) is 1. The maximum atomic E-state index is 11.6. The van der Waals surface area contributed by atoms with Crippen molar-refractivity contribution in [3.8, 4) is 0 Å². The Morgan fingerprint density at radius 2 is 1.82 bits per heavy atom. The summed E-state index contributed by atoms with van der Waals surface area (Å²) in [7, 11) is 4.72. The second-order valence-corrected chi connectivity index (χ2v) is 3.74. The first kappa shape index (κ1) is 13.0. The molecule has 0 saturated heterocycles. The predicted molar refractivity (Wildman–Crippen MR) is 63.7 cm³/mol. The average Bonchev–Trinajstić information content (AvgIpc) is 2.35. The number of benzene rings is 1. The van der Waals surface area contributed by atoms with Crippen LogP contribution in [0.5, 0.6) is 0 Å². The van der Waals surface area contributed by atoms with Crippen molar-refractivity contribution < 1.29 is 14.3 Å². The molecule has 0 unspecified atom stereocenters. The molecule has 0 saturated carbocycles. The van der Waals surface area contributed by atoms with E-state index in [1.807, 2.05) is 0 Å². The highest BCUT2D eigenvalue weighted by atomic mass is 16.5. The van der Waals surface area contributed by atoms with Crippen molar-refractivity contribution in [2.24, 2.45) is 0 Å². The topological polar surface area (TPSA) is 58.6 Å². The summed E-state index contributed by atoms with van der Waals surface area (Å²) in [6, 6.07) is 7.06. The Labute approximate surface area is 100 Å². The summed E-state index contributed by atoms with van der Waals surface area (Å²) in [6.45, 7) is 0.378. The molecule has 5 heteroatoms. The zero-order chi connectivity index (χ0) is 12.8. The molecule has 0 radical (unpaired) electrons. The Kier molecular flexibility index (Phi) is 4.51. The molecule has 17 heavy (non-hydrogen) atoms. The van der Waals surface area contributed by atoms with Crippen LogP contribution in [0.25, 0.3) is 0 Å². The standard InChI is InChI=1S/C12H16N2O3/c1-14(2)11(15)10-6-4-9(5-7-10)8-13-12(16)17-3/h4-7H,8H2,1-3H3,(H,13,16). The van der Waals surface area contributed by atoms with Crippen molar-refractivity contribution in [3.05, 3.63) is 35.4 Å². The number of amides is 2. The molecular formula is C12H16N2O3. The fourth-order valence-corrected chi connectivity index (χ4v) is 1.27. The first-order valence-corrected chi connectivity index (χ1v) is 5.17. The third kappa shape index (κ3) is 3.79. The van der Waals surface area contributed by atoms with Crippen molar-refractivity contribution >= 4 is 12.0 Å². The van der Waals surface area contributed by atoms with Crippen LogP contribution in [0.1, 0.15) is 15.9 Å². The third-order valence-corrected chi connectivity index (χ3v) is 2.23. The molecule has 0 heterocycles. The summed E-state index contributed by atoms with van der Waals surface area (Å²) in [5.74, 6) is -0.0440. The number of hydrogen-bond donors (Lipinski definition) is 1. The van der Waals surface area contributed by atoms with Crippen LogP contribution in [0.15, 0.2) is 24.3 Å². The summed E-state index contributed by atoms with van der Waals surface area (Å²) in [5.41, 5.74) is 1.53. The lowest BCUT2D eigenvalue weighted by molar-refractivity contribution is 0.0827. The molecule has 0 atom stereocenters. The molecule has 1 aromatic rings. The van der Waals surface area contributed by atoms with E-state index in [4.69, 9.17) is 0 Å². The predicted octanol–water partition coefficient (Wildman–Crippen LogP) is 1.24. The van der Waals surface area contributed by atoms with Gasteiger partial charge in [0.15, 0.2) is 0 Å². The molecule has 0 aromatic heterocycles. The van der Waals surface area contributed by atoms with Crippen molar-refractivity contribution in [1.29, 1.82) is 0 Å². The molecular weight excluding hydrogens is 220 g/mol. The molecule has 0 aliphatic heterocycles. The number of carbonyl (C=O) groups excluding carboxylic acids is 2. The number of alkyl carbamates (subject to hydrolysis) is 1. The monoisotopic (exact) mass is 236 g/mol. The van der Waals surface area contributed by atoms with Crippen LogP contribution < -0.4 is 5.32 Å². The summed E-state index contributed by atoms with van der Waals surface area (Å²) < 4.78 is 4.45. The Morgan fingerprint density at radius 3 is 2.29 bits per heavy atom. The van der Waals surface area contributed by atoms with Crippen LogP contribution in [-0.4, -0.2) is 38.1 Å². The van der Waals surface area contributed by atoms with Gasteiger partial charge in [-0.2, -0.15) is 0 Å². The van der Waals surface area contributed by atoms with Crippen molar-refractivity contribution in [2.75, 3.05) is 21.2 Å². The maximum absolute atomic E-state index is 11.6. The molecule has 0 bridgehead atoms. The number of nitrogens with one attached hydrogen (secondary N) is 1. The van der Waals surface area contributed by atoms with E-state index >= 15 is 0 Å². The third-order valence-electron chi connectivity index (χ3n) is 2.23. The second kappa shape index (κ2) is 5.89. The Balaban J connectivity index is 2.62. The second-order valence-electron chi connectivity index (χ2n) is 3.74. The minimum Gasteiger partial charge on any atom is -0.453 e. The summed E-state index contributed by atoms with van der Waals surface area (Å²) >= 11 is 0. The minimum absolute atomic E-state index is 0.0440. The van der Waals surface area contributed by atoms with Crippen LogP contribution in [-0.2, 0) is 11.3 Å². The van der Waals surface area contributed by atoms with Gasteiger partial charge in [-0.25, -0.2) is 4.79 Å². The van der Waals surface area contributed by atoms with Gasteiger partial charge in [0.2, 0.25) is 0 Å². The van der Waals surface area contributed by atoms with Gasteiger partial charge < -0.3 is 15.0 Å². The molecule has 1 aromatic carbocycles. The summed E-state index contributed by atoms with van der Waals surface area (Å²) in [5, 5.41) is 2.56. The number of carbonyl (C=O) groups is 2. The van der Waals surface area contributed by atoms with Gasteiger partial charge in [0.25, 0.3) is 5.91 Å². The van der Waals surface area contributed by atoms with Gasteiger partial charge in [0.1, 0.15) is 0 Å². The van der Waals surface area contributed by atoms with Crippen LogP contribution in [0, 0.1) is 0 Å². The number of methoxy groups -OCH3 is 1. The Hall–Kier alpha value is -2.04. The lowest BCUT2D eigenvalue weighted by atomic mass is 10.1. The molecule has 0 spiro atoms. The largest absolute Gasteiger partial charge is 0.453 e. The molecule has 1 N–H and O–H groups in total. The van der Waals surface area contributed by atoms with Gasteiger partial charge in [-0.1, -0.05) is 12.1 Å². The highest BCUT2D eigenvalue weighted by Crippen LogP contribution is 2.06. The van der Waals surface area contributed by atoms with Gasteiger partial charge in [-0.05, 0) is 17.7 Å². The van der Waals surface area contributed by atoms with Gasteiger partial charge in [-0.15, -0.1) is 0 Å². The highest BCUT2D eigenvalue weighted by Gasteiger charge is 2.07. The van der Waals surface area contributed by atoms with Gasteiger partial charge in [-0.3, -0.25) is 4.79 Å². The molecule has 0 aliphatic rings. The molecule has 5 nitrogen and oxygen atoms in total. The van der Waals surface area contributed by atoms with Gasteiger partial charge in [0.05, 0.1) is 7.11 Å². The van der Waals surface area contributed by atoms with E-state index < -0.39 is 6.09 Å². The van der Waals surface area contributed by atoms with Gasteiger partial charge in [0, 0.05) is 26.2 Å². The van der Waals surface area contributed by atoms with E-state index in [0.717, 1.165) is 5.56 Å². The first-order chi connectivity index (χ1) is 8.04. The van der Waals surface area contributed by atoms with Crippen LogP contribution in [0.2, 0.25) is 0 Å². The lowest BCUT2D eigenvalue weighted by Gasteiger charge is -2.10. The van der Waals surface area contributed by atoms with Crippen molar-refractivity contribution in [2.45, 2.75) is 6.54 Å². The SMILES string of the molecule is COC(=O)NCc1ccc(C(=O)N(C)C)cc1. The van der Waals surface area contributed by atoms with Crippen LogP contribution >= 0.6 is 0 Å². The Morgan fingerprint density at radius 1 is 1.24 bits per heavy atom. The molecule has 0 fully saturated rings. The zero-order valence-corrected chi connectivity index (χ0v) is 10.2. The quantitative estimate of drug-likeness (QED) is 0.859. The fraction of sp³-hybridized carbons (Fsp3) is 0.333. The van der Waals surface area contributed by atoms with Crippen molar-refractivity contribution in [1.82, 2.24) is 10.2 Å². The number of nitrogens with zero attached hydrogens (tertiary/aromatic N) is 1. The van der Waals surface area contributed by atoms with E-state index in [0.29, 0.717) is 12.1 Å². The van der Waals surface area contributed by atoms with E-state index in [9.17, 15) is 9.59 Å². The molecule has 92 valence electrons. The Bertz CT molecular complexity index is 399. The maximum Gasteiger partial charge on any atom is 0.407 e. The number of hydrogen-bond acceptors (Lipinski definition) is 3. The summed E-state index contributed by atoms with van der Waals surface area (Å²) in [6.07, 6.45) is -0.474. The smallest absolute Gasteiger partial charge is 0.407 e. The normalized spacial score (nSPS) is 9.59. The van der Waals surface area contributed by atoms with E-state index in [-0.39, 0.29) is 5.91 Å². The van der Waals surface area contributed by atoms with Crippen molar-refractivity contribution in [3.63, 3.8) is 0 Å². The first-order valence-electron chi connectivity index (χ1n) is 5.17. The molecule has 1 rings (SSSR count). The van der Waals surface area contributed by atoms with Crippen LogP contribution in [0.4, 0.5) is 4.79 Å². The van der Waals surface area contributed by atoms with E-state index in [1.54, 1.807) is 38.4 Å². The lowest BCUT2D eigenvalue weighted by Crippen LogP contribution is -2.23. The molecule has 2 amide bonds. The highest BCUT2D eigenvalue weighted by molar-refractivity contribution is 5.93. The van der Waals surface area contributed by atoms with Gasteiger partial charge >= 0.3 is 6.09 Å². The average molecular weight is 236 g/mol. The van der Waals surface area contributed by atoms with E-state index in [2.05, 4.69) is 10.1 Å². The molecule has 0 aliphatic carbocycles. The van der Waals surface area contributed by atoms with E-state index in [1.165, 1.54) is 12.0 Å². The summed E-state index contributed by atoms with van der Waals surface area (Å²) in [4.78, 5) is 24.0. The minimum atomic E-state index is -0.474. The van der Waals surface area contributed by atoms with Crippen LogP contribution in [0.3, 0.4) is 0 Å². The zero-order valence-electron chi connectivity index (χ0n) is 10.2.